The van der Waals surface area contributed by atoms with Crippen LogP contribution in [-0.4, -0.2) is 46.9 Å². The number of hydrogen-bond donors (Lipinski definition) is 3. The molecule has 8 heteroatoms. The van der Waals surface area contributed by atoms with Gasteiger partial charge in [-0.05, 0) is 29.4 Å². The van der Waals surface area contributed by atoms with Gasteiger partial charge in [0, 0.05) is 19.2 Å². The lowest BCUT2D eigenvalue weighted by atomic mass is 9.84. The van der Waals surface area contributed by atoms with Crippen LogP contribution < -0.4 is 10.6 Å². The number of amides is 2. The van der Waals surface area contributed by atoms with Crippen molar-refractivity contribution in [1.29, 1.82) is 0 Å². The third-order valence-electron chi connectivity index (χ3n) is 5.76. The molecule has 1 aromatic rings. The molecule has 178 valence electrons. The van der Waals surface area contributed by atoms with Crippen LogP contribution in [0.25, 0.3) is 0 Å². The molecule has 1 heterocycles. The summed E-state index contributed by atoms with van der Waals surface area (Å²) in [5.41, 5.74) is 1.65. The van der Waals surface area contributed by atoms with E-state index in [1.807, 2.05) is 58.9 Å². The molecular weight excluding hydrogens is 430 g/mol. The Morgan fingerprint density at radius 2 is 1.81 bits per heavy atom. The van der Waals surface area contributed by atoms with E-state index >= 15 is 0 Å². The number of rotatable bonds is 7. The molecule has 0 fully saturated rings. The number of carboxylic acids is 1. The quantitative estimate of drug-likeness (QED) is 0.536. The van der Waals surface area contributed by atoms with Gasteiger partial charge in [0.2, 0.25) is 11.8 Å². The van der Waals surface area contributed by atoms with Crippen molar-refractivity contribution in [1.82, 2.24) is 15.5 Å². The Morgan fingerprint density at radius 3 is 2.34 bits per heavy atom. The van der Waals surface area contributed by atoms with Crippen molar-refractivity contribution in [3.63, 3.8) is 0 Å². The average molecular weight is 466 g/mol. The minimum absolute atomic E-state index is 0. The average Bonchev–Trinajstić information content (AvgIpc) is 3.11. The van der Waals surface area contributed by atoms with E-state index in [0.717, 1.165) is 11.1 Å². The van der Waals surface area contributed by atoms with Crippen molar-refractivity contribution >= 4 is 30.2 Å². The molecule has 1 aliphatic heterocycles. The van der Waals surface area contributed by atoms with E-state index < -0.39 is 29.5 Å². The highest BCUT2D eigenvalue weighted by atomic mass is 35.5. The topological polar surface area (TPSA) is 98.7 Å². The number of carbonyl (C=O) groups is 3. The molecular formula is C24H36ClN3O4. The van der Waals surface area contributed by atoms with Gasteiger partial charge in [-0.3, -0.25) is 14.9 Å². The summed E-state index contributed by atoms with van der Waals surface area (Å²) in [5, 5.41) is 15.4. The number of nitrogens with one attached hydrogen (secondary N) is 2. The molecule has 1 aliphatic rings. The molecule has 0 saturated heterocycles. The summed E-state index contributed by atoms with van der Waals surface area (Å²) in [4.78, 5) is 39.5. The molecule has 2 rings (SSSR count). The van der Waals surface area contributed by atoms with Crippen LogP contribution in [0, 0.1) is 11.3 Å². The highest BCUT2D eigenvalue weighted by molar-refractivity contribution is 5.92. The van der Waals surface area contributed by atoms with Crippen molar-refractivity contribution in [2.24, 2.45) is 11.3 Å². The molecule has 3 N–H and O–H groups in total. The summed E-state index contributed by atoms with van der Waals surface area (Å²) in [7, 11) is 1.66. The van der Waals surface area contributed by atoms with E-state index in [-0.39, 0.29) is 35.7 Å². The first-order valence-electron chi connectivity index (χ1n) is 10.6. The summed E-state index contributed by atoms with van der Waals surface area (Å²) >= 11 is 0. The molecule has 0 spiro atoms. The van der Waals surface area contributed by atoms with Crippen LogP contribution in [0.2, 0.25) is 0 Å². The third kappa shape index (κ3) is 6.33. The lowest BCUT2D eigenvalue weighted by Crippen LogP contribution is -2.57. The van der Waals surface area contributed by atoms with Gasteiger partial charge in [-0.1, -0.05) is 65.0 Å². The van der Waals surface area contributed by atoms with E-state index in [2.05, 4.69) is 10.6 Å². The van der Waals surface area contributed by atoms with E-state index in [9.17, 15) is 19.5 Å². The fraction of sp³-hybridized carbons (Fsp3) is 0.542. The second kappa shape index (κ2) is 11.0. The summed E-state index contributed by atoms with van der Waals surface area (Å²) in [6, 6.07) is 6.07. The Bertz CT molecular complexity index is 876. The molecule has 0 aromatic heterocycles. The van der Waals surface area contributed by atoms with Crippen LogP contribution in [0.4, 0.5) is 0 Å². The second-order valence-corrected chi connectivity index (χ2v) is 9.66. The lowest BCUT2D eigenvalue weighted by molar-refractivity contribution is -0.140. The third-order valence-corrected chi connectivity index (χ3v) is 5.76. The standard InChI is InChI=1S/C24H35N3O4.ClH/c1-14(2)18(12-15(3)23(30)31)27(7)22(29)20(24(4,5)6)26-21(28)19-17-11-9-8-10-16(17)13-25-19;/h8-12,14,18-20,25H,13H2,1-7H3,(H,26,28)(H,30,31);1H/b15-12+;/t18-,19?,20-;/m1./s1. The molecule has 1 aromatic carbocycles. The van der Waals surface area contributed by atoms with Crippen LogP contribution in [0.15, 0.2) is 35.9 Å². The van der Waals surface area contributed by atoms with Gasteiger partial charge in [-0.15, -0.1) is 12.4 Å². The van der Waals surface area contributed by atoms with Crippen molar-refractivity contribution in [2.45, 2.75) is 66.2 Å². The van der Waals surface area contributed by atoms with Gasteiger partial charge in [-0.2, -0.15) is 0 Å². The summed E-state index contributed by atoms with van der Waals surface area (Å²) < 4.78 is 0. The lowest BCUT2D eigenvalue weighted by Gasteiger charge is -2.37. The van der Waals surface area contributed by atoms with Gasteiger partial charge in [0.05, 0.1) is 6.04 Å². The Hall–Kier alpha value is -2.38. The van der Waals surface area contributed by atoms with Crippen molar-refractivity contribution in [2.75, 3.05) is 7.05 Å². The highest BCUT2D eigenvalue weighted by Crippen LogP contribution is 2.28. The first-order chi connectivity index (χ1) is 14.3. The molecule has 7 nitrogen and oxygen atoms in total. The Kier molecular flexibility index (Phi) is 9.48. The number of hydrogen-bond acceptors (Lipinski definition) is 4. The molecule has 32 heavy (non-hydrogen) atoms. The predicted octanol–water partition coefficient (Wildman–Crippen LogP) is 3.30. The van der Waals surface area contributed by atoms with Crippen molar-refractivity contribution in [3.8, 4) is 0 Å². The number of nitrogens with zero attached hydrogens (tertiary/aromatic N) is 1. The van der Waals surface area contributed by atoms with Crippen LogP contribution in [0.3, 0.4) is 0 Å². The number of halogens is 1. The number of carbonyl (C=O) groups excluding carboxylic acids is 2. The van der Waals surface area contributed by atoms with Gasteiger partial charge in [0.1, 0.15) is 12.1 Å². The zero-order valence-corrected chi connectivity index (χ0v) is 20.7. The molecule has 0 radical (unpaired) electrons. The molecule has 3 atom stereocenters. The van der Waals surface area contributed by atoms with E-state index in [1.54, 1.807) is 18.0 Å². The summed E-state index contributed by atoms with van der Waals surface area (Å²) in [6.45, 7) is 11.7. The van der Waals surface area contributed by atoms with Crippen molar-refractivity contribution < 1.29 is 19.5 Å². The van der Waals surface area contributed by atoms with Gasteiger partial charge >= 0.3 is 5.97 Å². The smallest absolute Gasteiger partial charge is 0.331 e. The molecule has 1 unspecified atom stereocenters. The number of likely N-dealkylation sites (N-methyl/N-ethyl adjacent to an activating group) is 1. The molecule has 0 bridgehead atoms. The van der Waals surface area contributed by atoms with E-state index in [0.29, 0.717) is 6.54 Å². The molecule has 0 aliphatic carbocycles. The Labute approximate surface area is 197 Å². The van der Waals surface area contributed by atoms with E-state index in [1.165, 1.54) is 6.92 Å². The fourth-order valence-electron chi connectivity index (χ4n) is 3.84. The van der Waals surface area contributed by atoms with Gasteiger partial charge in [0.25, 0.3) is 0 Å². The highest BCUT2D eigenvalue weighted by Gasteiger charge is 2.39. The van der Waals surface area contributed by atoms with E-state index in [4.69, 9.17) is 0 Å². The summed E-state index contributed by atoms with van der Waals surface area (Å²) in [6.07, 6.45) is 1.60. The minimum atomic E-state index is -1.02. The zero-order chi connectivity index (χ0) is 23.5. The van der Waals surface area contributed by atoms with Crippen LogP contribution in [0.5, 0.6) is 0 Å². The monoisotopic (exact) mass is 465 g/mol. The minimum Gasteiger partial charge on any atom is -0.478 e. The number of fused-ring (bicyclic) bond motifs is 1. The predicted molar refractivity (Wildman–Crippen MR) is 127 cm³/mol. The maximum atomic E-state index is 13.5. The van der Waals surface area contributed by atoms with Crippen LogP contribution in [0.1, 0.15) is 58.7 Å². The Morgan fingerprint density at radius 1 is 1.22 bits per heavy atom. The number of carboxylic acid groups (broad SMARTS) is 1. The van der Waals surface area contributed by atoms with Gasteiger partial charge < -0.3 is 15.3 Å². The van der Waals surface area contributed by atoms with Gasteiger partial charge in [0.15, 0.2) is 0 Å². The largest absolute Gasteiger partial charge is 0.478 e. The normalized spacial score (nSPS) is 17.8. The molecule has 2 amide bonds. The fourth-order valence-corrected chi connectivity index (χ4v) is 3.84. The van der Waals surface area contributed by atoms with Gasteiger partial charge in [-0.25, -0.2) is 4.79 Å². The SMILES string of the molecule is C/C(=C\[C@H](C(C)C)N(C)C(=O)[C@@H](NC(=O)C1NCc2ccccc21)C(C)(C)C)C(=O)O.Cl. The second-order valence-electron chi connectivity index (χ2n) is 9.66. The van der Waals surface area contributed by atoms with Crippen LogP contribution >= 0.6 is 12.4 Å². The summed E-state index contributed by atoms with van der Waals surface area (Å²) in [5.74, 6) is -1.51. The van der Waals surface area contributed by atoms with Crippen LogP contribution in [-0.2, 0) is 20.9 Å². The molecule has 0 saturated carbocycles. The Balaban J connectivity index is 0.00000512. The van der Waals surface area contributed by atoms with Crippen molar-refractivity contribution in [3.05, 3.63) is 47.0 Å². The zero-order valence-electron chi connectivity index (χ0n) is 19.9. The maximum Gasteiger partial charge on any atom is 0.331 e. The maximum absolute atomic E-state index is 13.5. The number of benzene rings is 1. The number of aliphatic carboxylic acids is 1. The first-order valence-corrected chi connectivity index (χ1v) is 10.6. The first kappa shape index (κ1) is 27.7.